The monoisotopic (exact) mass is 440 g/mol. The third kappa shape index (κ3) is 5.22. The van der Waals surface area contributed by atoms with E-state index in [0.29, 0.717) is 18.5 Å². The van der Waals surface area contributed by atoms with Gasteiger partial charge in [-0.3, -0.25) is 0 Å². The molecule has 130 valence electrons. The molecule has 0 bridgehead atoms. The summed E-state index contributed by atoms with van der Waals surface area (Å²) in [4.78, 5) is 9.14. The van der Waals surface area contributed by atoms with E-state index in [4.69, 9.17) is 4.42 Å². The Morgan fingerprint density at radius 3 is 2.71 bits per heavy atom. The van der Waals surface area contributed by atoms with Crippen LogP contribution in [-0.4, -0.2) is 23.5 Å². The Morgan fingerprint density at radius 1 is 1.25 bits per heavy atom. The molecule has 0 amide bonds. The van der Waals surface area contributed by atoms with Gasteiger partial charge in [-0.1, -0.05) is 31.0 Å². The van der Waals surface area contributed by atoms with Gasteiger partial charge < -0.3 is 15.1 Å². The summed E-state index contributed by atoms with van der Waals surface area (Å²) in [5.41, 5.74) is 1.83. The van der Waals surface area contributed by atoms with Crippen LogP contribution in [0.2, 0.25) is 0 Å². The number of rotatable bonds is 5. The minimum absolute atomic E-state index is 0. The Balaban J connectivity index is 0.00000208. The van der Waals surface area contributed by atoms with E-state index in [1.807, 2.05) is 30.3 Å². The molecule has 1 aromatic carbocycles. The van der Waals surface area contributed by atoms with Gasteiger partial charge in [-0.25, -0.2) is 9.98 Å². The number of hydrogen-bond donors (Lipinski definition) is 2. The van der Waals surface area contributed by atoms with Gasteiger partial charge >= 0.3 is 0 Å². The lowest BCUT2D eigenvalue weighted by atomic mass is 10.2. The predicted molar refractivity (Wildman–Crippen MR) is 108 cm³/mol. The van der Waals surface area contributed by atoms with Crippen molar-refractivity contribution in [1.29, 1.82) is 0 Å². The molecule has 3 rings (SSSR count). The van der Waals surface area contributed by atoms with Crippen LogP contribution >= 0.6 is 24.0 Å². The molecule has 1 heterocycles. The van der Waals surface area contributed by atoms with E-state index in [1.54, 1.807) is 6.26 Å². The largest absolute Gasteiger partial charge is 0.444 e. The zero-order valence-corrected chi connectivity index (χ0v) is 16.3. The average Bonchev–Trinajstić information content (AvgIpc) is 3.25. The maximum absolute atomic E-state index is 5.56. The third-order valence-electron chi connectivity index (χ3n) is 4.01. The van der Waals surface area contributed by atoms with Gasteiger partial charge in [0.25, 0.3) is 0 Å². The van der Waals surface area contributed by atoms with Crippen molar-refractivity contribution in [2.24, 2.45) is 4.99 Å². The van der Waals surface area contributed by atoms with Crippen LogP contribution in [0.25, 0.3) is 11.5 Å². The maximum atomic E-state index is 5.56. The molecule has 0 saturated heterocycles. The molecule has 2 N–H and O–H groups in total. The van der Waals surface area contributed by atoms with E-state index in [9.17, 15) is 0 Å². The van der Waals surface area contributed by atoms with Crippen molar-refractivity contribution in [3.63, 3.8) is 0 Å². The molecule has 0 unspecified atom stereocenters. The molecule has 1 aliphatic carbocycles. The molecule has 6 heteroatoms. The van der Waals surface area contributed by atoms with E-state index in [1.165, 1.54) is 25.7 Å². The number of guanidine groups is 1. The fraction of sp³-hybridized carbons (Fsp3) is 0.444. The molecule has 0 radical (unpaired) electrons. The number of aromatic nitrogens is 1. The van der Waals surface area contributed by atoms with Crippen molar-refractivity contribution in [2.45, 2.75) is 45.2 Å². The molecule has 0 aliphatic heterocycles. The first-order chi connectivity index (χ1) is 11.3. The summed E-state index contributed by atoms with van der Waals surface area (Å²) < 4.78 is 5.56. The molecule has 0 atom stereocenters. The summed E-state index contributed by atoms with van der Waals surface area (Å²) in [6, 6.07) is 10.5. The van der Waals surface area contributed by atoms with Gasteiger partial charge in [0.05, 0.1) is 6.54 Å². The van der Waals surface area contributed by atoms with Crippen molar-refractivity contribution in [2.75, 3.05) is 6.54 Å². The molecule has 2 aromatic rings. The van der Waals surface area contributed by atoms with Crippen LogP contribution in [-0.2, 0) is 6.54 Å². The molecule has 1 aliphatic rings. The van der Waals surface area contributed by atoms with Crippen LogP contribution in [0.1, 0.15) is 38.3 Å². The van der Waals surface area contributed by atoms with E-state index < -0.39 is 0 Å². The van der Waals surface area contributed by atoms with Crippen LogP contribution in [0.3, 0.4) is 0 Å². The van der Waals surface area contributed by atoms with Gasteiger partial charge in [0.15, 0.2) is 5.96 Å². The number of nitrogens with one attached hydrogen (secondary N) is 2. The summed E-state index contributed by atoms with van der Waals surface area (Å²) >= 11 is 0. The highest BCUT2D eigenvalue weighted by Crippen LogP contribution is 2.19. The lowest BCUT2D eigenvalue weighted by Gasteiger charge is -2.16. The van der Waals surface area contributed by atoms with E-state index in [0.717, 1.165) is 23.8 Å². The van der Waals surface area contributed by atoms with Crippen LogP contribution in [0.15, 0.2) is 46.0 Å². The number of aliphatic imine (C=N–C) groups is 1. The Labute approximate surface area is 160 Å². The van der Waals surface area contributed by atoms with E-state index >= 15 is 0 Å². The van der Waals surface area contributed by atoms with Crippen LogP contribution < -0.4 is 10.6 Å². The van der Waals surface area contributed by atoms with Crippen molar-refractivity contribution in [1.82, 2.24) is 15.6 Å². The van der Waals surface area contributed by atoms with Gasteiger partial charge in [0.2, 0.25) is 5.89 Å². The number of hydrogen-bond acceptors (Lipinski definition) is 3. The van der Waals surface area contributed by atoms with Gasteiger partial charge in [-0.05, 0) is 31.9 Å². The smallest absolute Gasteiger partial charge is 0.226 e. The number of halogens is 1. The second kappa shape index (κ2) is 9.66. The molecule has 1 aromatic heterocycles. The fourth-order valence-electron chi connectivity index (χ4n) is 2.84. The Hall–Kier alpha value is -1.57. The fourth-order valence-corrected chi connectivity index (χ4v) is 2.84. The second-order valence-electron chi connectivity index (χ2n) is 5.83. The average molecular weight is 440 g/mol. The van der Waals surface area contributed by atoms with Gasteiger partial charge in [-0.2, -0.15) is 0 Å². The number of benzene rings is 1. The topological polar surface area (TPSA) is 62.5 Å². The lowest BCUT2D eigenvalue weighted by Crippen LogP contribution is -2.42. The number of nitrogens with zero attached hydrogens (tertiary/aromatic N) is 2. The molecule has 24 heavy (non-hydrogen) atoms. The summed E-state index contributed by atoms with van der Waals surface area (Å²) in [5, 5.41) is 6.80. The first kappa shape index (κ1) is 18.8. The quantitative estimate of drug-likeness (QED) is 0.420. The van der Waals surface area contributed by atoms with Gasteiger partial charge in [-0.15, -0.1) is 24.0 Å². The minimum atomic E-state index is 0. The predicted octanol–water partition coefficient (Wildman–Crippen LogP) is 3.96. The number of oxazole rings is 1. The van der Waals surface area contributed by atoms with Gasteiger partial charge in [0, 0.05) is 18.2 Å². The zero-order valence-electron chi connectivity index (χ0n) is 14.0. The Kier molecular flexibility index (Phi) is 7.55. The molecular formula is C18H25IN4O. The summed E-state index contributed by atoms with van der Waals surface area (Å²) in [5.74, 6) is 1.51. The molecule has 0 spiro atoms. The second-order valence-corrected chi connectivity index (χ2v) is 5.83. The SMILES string of the molecule is CCNC(=NCc1coc(-c2ccccc2)n1)NC1CCCC1.I. The normalized spacial score (nSPS) is 15.1. The minimum Gasteiger partial charge on any atom is -0.444 e. The highest BCUT2D eigenvalue weighted by Gasteiger charge is 2.16. The maximum Gasteiger partial charge on any atom is 0.226 e. The van der Waals surface area contributed by atoms with Crippen molar-refractivity contribution in [3.05, 3.63) is 42.3 Å². The Bertz CT molecular complexity index is 635. The lowest BCUT2D eigenvalue weighted by molar-refractivity contribution is 0.572. The van der Waals surface area contributed by atoms with Crippen LogP contribution in [0, 0.1) is 0 Å². The van der Waals surface area contributed by atoms with Crippen molar-refractivity contribution >= 4 is 29.9 Å². The van der Waals surface area contributed by atoms with E-state index in [2.05, 4.69) is 27.5 Å². The van der Waals surface area contributed by atoms with E-state index in [-0.39, 0.29) is 24.0 Å². The zero-order chi connectivity index (χ0) is 15.9. The highest BCUT2D eigenvalue weighted by atomic mass is 127. The van der Waals surface area contributed by atoms with Gasteiger partial charge in [0.1, 0.15) is 12.0 Å². The summed E-state index contributed by atoms with van der Waals surface area (Å²) in [6.07, 6.45) is 6.76. The highest BCUT2D eigenvalue weighted by molar-refractivity contribution is 14.0. The standard InChI is InChI=1S/C18H24N4O.HI/c1-2-19-18(22-15-10-6-7-11-15)20-12-16-13-23-17(21-16)14-8-4-3-5-9-14;/h3-5,8-9,13,15H,2,6-7,10-12H2,1H3,(H2,19,20,22);1H. The molecule has 5 nitrogen and oxygen atoms in total. The third-order valence-corrected chi connectivity index (χ3v) is 4.01. The first-order valence-corrected chi connectivity index (χ1v) is 8.40. The summed E-state index contributed by atoms with van der Waals surface area (Å²) in [6.45, 7) is 3.44. The van der Waals surface area contributed by atoms with Crippen molar-refractivity contribution in [3.8, 4) is 11.5 Å². The van der Waals surface area contributed by atoms with Crippen LogP contribution in [0.4, 0.5) is 0 Å². The van der Waals surface area contributed by atoms with Crippen LogP contribution in [0.5, 0.6) is 0 Å². The first-order valence-electron chi connectivity index (χ1n) is 8.40. The molecule has 1 saturated carbocycles. The Morgan fingerprint density at radius 2 is 2.00 bits per heavy atom. The van der Waals surface area contributed by atoms with Crippen molar-refractivity contribution < 1.29 is 4.42 Å². The molecular weight excluding hydrogens is 415 g/mol. The summed E-state index contributed by atoms with van der Waals surface area (Å²) in [7, 11) is 0. The molecule has 1 fully saturated rings.